The molecule has 0 aliphatic heterocycles. The number of nitro groups is 1. The third-order valence-corrected chi connectivity index (χ3v) is 2.50. The standard InChI is InChI=1S/C9H8BrNO2/c1-2-9(10)7-4-3-5-8(6-7)11(12)13/h2-6H,1H3/b9-2-. The zero-order valence-electron chi connectivity index (χ0n) is 7.03. The number of benzene rings is 1. The first-order valence-corrected chi connectivity index (χ1v) is 4.51. The Morgan fingerprint density at radius 1 is 1.62 bits per heavy atom. The Morgan fingerprint density at radius 2 is 2.31 bits per heavy atom. The highest BCUT2D eigenvalue weighted by molar-refractivity contribution is 9.15. The maximum Gasteiger partial charge on any atom is 0.270 e. The summed E-state index contributed by atoms with van der Waals surface area (Å²) < 4.78 is 0.858. The van der Waals surface area contributed by atoms with Crippen LogP contribution >= 0.6 is 15.9 Å². The normalized spacial score (nSPS) is 11.4. The van der Waals surface area contributed by atoms with Gasteiger partial charge in [-0.25, -0.2) is 0 Å². The topological polar surface area (TPSA) is 43.1 Å². The molecule has 0 saturated carbocycles. The predicted octanol–water partition coefficient (Wildman–Crippen LogP) is 3.35. The molecule has 1 aromatic rings. The molecule has 0 unspecified atom stereocenters. The predicted molar refractivity (Wildman–Crippen MR) is 55.7 cm³/mol. The monoisotopic (exact) mass is 241 g/mol. The minimum atomic E-state index is -0.403. The van der Waals surface area contributed by atoms with Crippen LogP contribution in [0.5, 0.6) is 0 Å². The Labute approximate surface area is 84.4 Å². The van der Waals surface area contributed by atoms with Crippen molar-refractivity contribution in [2.75, 3.05) is 0 Å². The van der Waals surface area contributed by atoms with Crippen LogP contribution < -0.4 is 0 Å². The SMILES string of the molecule is C/C=C(\Br)c1cccc([N+](=O)[O-])c1. The van der Waals surface area contributed by atoms with Gasteiger partial charge in [-0.3, -0.25) is 10.1 Å². The van der Waals surface area contributed by atoms with E-state index in [-0.39, 0.29) is 5.69 Å². The zero-order chi connectivity index (χ0) is 9.84. The van der Waals surface area contributed by atoms with E-state index >= 15 is 0 Å². The number of nitro benzene ring substituents is 1. The van der Waals surface area contributed by atoms with E-state index in [0.29, 0.717) is 0 Å². The van der Waals surface area contributed by atoms with E-state index in [1.165, 1.54) is 12.1 Å². The molecule has 0 atom stereocenters. The van der Waals surface area contributed by atoms with Gasteiger partial charge in [-0.1, -0.05) is 34.1 Å². The fourth-order valence-electron chi connectivity index (χ4n) is 0.935. The molecule has 0 aliphatic carbocycles. The van der Waals surface area contributed by atoms with Crippen molar-refractivity contribution in [2.24, 2.45) is 0 Å². The van der Waals surface area contributed by atoms with Crippen molar-refractivity contribution in [1.29, 1.82) is 0 Å². The van der Waals surface area contributed by atoms with Gasteiger partial charge in [0.25, 0.3) is 5.69 Å². The fraction of sp³-hybridized carbons (Fsp3) is 0.111. The van der Waals surface area contributed by atoms with Crippen molar-refractivity contribution in [3.63, 3.8) is 0 Å². The molecule has 0 N–H and O–H groups in total. The van der Waals surface area contributed by atoms with Crippen molar-refractivity contribution >= 4 is 26.1 Å². The second-order valence-electron chi connectivity index (χ2n) is 2.44. The zero-order valence-corrected chi connectivity index (χ0v) is 8.61. The summed E-state index contributed by atoms with van der Waals surface area (Å²) >= 11 is 3.31. The molecule has 0 amide bonds. The van der Waals surface area contributed by atoms with E-state index in [2.05, 4.69) is 15.9 Å². The van der Waals surface area contributed by atoms with Crippen molar-refractivity contribution in [1.82, 2.24) is 0 Å². The smallest absolute Gasteiger partial charge is 0.258 e. The van der Waals surface area contributed by atoms with E-state index in [9.17, 15) is 10.1 Å². The lowest BCUT2D eigenvalue weighted by Gasteiger charge is -1.97. The quantitative estimate of drug-likeness (QED) is 0.589. The van der Waals surface area contributed by atoms with Gasteiger partial charge in [-0.2, -0.15) is 0 Å². The van der Waals surface area contributed by atoms with Gasteiger partial charge in [0.2, 0.25) is 0 Å². The summed E-state index contributed by atoms with van der Waals surface area (Å²) in [6.45, 7) is 1.86. The summed E-state index contributed by atoms with van der Waals surface area (Å²) in [6, 6.07) is 6.48. The van der Waals surface area contributed by atoms with Crippen molar-refractivity contribution in [3.05, 3.63) is 46.0 Å². The molecule has 3 nitrogen and oxygen atoms in total. The van der Waals surface area contributed by atoms with Gasteiger partial charge in [-0.05, 0) is 12.5 Å². The Hall–Kier alpha value is -1.16. The van der Waals surface area contributed by atoms with E-state index in [0.717, 1.165) is 10.0 Å². The van der Waals surface area contributed by atoms with Gasteiger partial charge in [0, 0.05) is 16.6 Å². The van der Waals surface area contributed by atoms with E-state index in [1.807, 2.05) is 19.1 Å². The van der Waals surface area contributed by atoms with Crippen LogP contribution in [0.3, 0.4) is 0 Å². The number of hydrogen-bond acceptors (Lipinski definition) is 2. The summed E-state index contributed by atoms with van der Waals surface area (Å²) in [4.78, 5) is 10.0. The second-order valence-corrected chi connectivity index (χ2v) is 3.30. The molecule has 1 aromatic carbocycles. The van der Waals surface area contributed by atoms with Crippen molar-refractivity contribution in [3.8, 4) is 0 Å². The lowest BCUT2D eigenvalue weighted by molar-refractivity contribution is -0.384. The molecule has 0 radical (unpaired) electrons. The third kappa shape index (κ3) is 2.39. The lowest BCUT2D eigenvalue weighted by atomic mass is 10.2. The Bertz CT molecular complexity index is 360. The largest absolute Gasteiger partial charge is 0.270 e. The number of allylic oxidation sites excluding steroid dienone is 1. The van der Waals surface area contributed by atoms with E-state index < -0.39 is 4.92 Å². The maximum atomic E-state index is 10.4. The van der Waals surface area contributed by atoms with Crippen LogP contribution in [0, 0.1) is 10.1 Å². The maximum absolute atomic E-state index is 10.4. The van der Waals surface area contributed by atoms with Gasteiger partial charge >= 0.3 is 0 Å². The van der Waals surface area contributed by atoms with Gasteiger partial charge in [-0.15, -0.1) is 0 Å². The van der Waals surface area contributed by atoms with Crippen LogP contribution in [-0.4, -0.2) is 4.92 Å². The summed E-state index contributed by atoms with van der Waals surface area (Å²) in [7, 11) is 0. The van der Waals surface area contributed by atoms with Crippen LogP contribution in [0.1, 0.15) is 12.5 Å². The molecule has 0 fully saturated rings. The first kappa shape index (κ1) is 9.92. The summed E-state index contributed by atoms with van der Waals surface area (Å²) in [5.74, 6) is 0. The number of hydrogen-bond donors (Lipinski definition) is 0. The molecule has 68 valence electrons. The second kappa shape index (κ2) is 4.18. The fourth-order valence-corrected chi connectivity index (χ4v) is 1.18. The van der Waals surface area contributed by atoms with Gasteiger partial charge < -0.3 is 0 Å². The highest BCUT2D eigenvalue weighted by Gasteiger charge is 2.06. The van der Waals surface area contributed by atoms with Crippen LogP contribution in [0.25, 0.3) is 4.48 Å². The first-order chi connectivity index (χ1) is 6.15. The number of nitrogens with zero attached hydrogens (tertiary/aromatic N) is 1. The van der Waals surface area contributed by atoms with Crippen LogP contribution in [0.15, 0.2) is 30.3 Å². The molecule has 0 bridgehead atoms. The minimum Gasteiger partial charge on any atom is -0.258 e. The third-order valence-electron chi connectivity index (χ3n) is 1.59. The molecule has 0 spiro atoms. The average molecular weight is 242 g/mol. The minimum absolute atomic E-state index is 0.108. The molecule has 1 rings (SSSR count). The van der Waals surface area contributed by atoms with Gasteiger partial charge in [0.1, 0.15) is 0 Å². The molecule has 0 heterocycles. The molecule has 13 heavy (non-hydrogen) atoms. The van der Waals surface area contributed by atoms with E-state index in [4.69, 9.17) is 0 Å². The Morgan fingerprint density at radius 3 is 2.85 bits per heavy atom. The highest BCUT2D eigenvalue weighted by atomic mass is 79.9. The molecule has 0 aliphatic rings. The average Bonchev–Trinajstić information content (AvgIpc) is 2.17. The summed E-state index contributed by atoms with van der Waals surface area (Å²) in [5, 5.41) is 10.4. The molecular weight excluding hydrogens is 234 g/mol. The lowest BCUT2D eigenvalue weighted by Crippen LogP contribution is -1.88. The van der Waals surface area contributed by atoms with Crippen LogP contribution in [0.2, 0.25) is 0 Å². The van der Waals surface area contributed by atoms with Crippen LogP contribution in [-0.2, 0) is 0 Å². The Kier molecular flexibility index (Phi) is 3.19. The molecule has 4 heteroatoms. The molecular formula is C9H8BrNO2. The highest BCUT2D eigenvalue weighted by Crippen LogP contribution is 2.24. The van der Waals surface area contributed by atoms with Crippen LogP contribution in [0.4, 0.5) is 5.69 Å². The summed E-state index contributed by atoms with van der Waals surface area (Å²) in [6.07, 6.45) is 1.85. The van der Waals surface area contributed by atoms with E-state index in [1.54, 1.807) is 6.07 Å². The van der Waals surface area contributed by atoms with Crippen molar-refractivity contribution in [2.45, 2.75) is 6.92 Å². The van der Waals surface area contributed by atoms with Gasteiger partial charge in [0.05, 0.1) is 4.92 Å². The molecule has 0 saturated heterocycles. The first-order valence-electron chi connectivity index (χ1n) is 3.72. The van der Waals surface area contributed by atoms with Gasteiger partial charge in [0.15, 0.2) is 0 Å². The number of halogens is 1. The Balaban J connectivity index is 3.13. The molecule has 0 aromatic heterocycles. The van der Waals surface area contributed by atoms with Crippen molar-refractivity contribution < 1.29 is 4.92 Å². The number of rotatable bonds is 2. The summed E-state index contributed by atoms with van der Waals surface area (Å²) in [5.41, 5.74) is 0.924. The number of non-ortho nitro benzene ring substituents is 1.